The topological polar surface area (TPSA) is 44.1 Å². The first-order chi connectivity index (χ1) is 9.11. The first-order valence-corrected chi connectivity index (χ1v) is 6.53. The average Bonchev–Trinajstić information content (AvgIpc) is 2.74. The molecule has 0 aliphatic rings. The van der Waals surface area contributed by atoms with Gasteiger partial charge in [-0.15, -0.1) is 12.6 Å². The highest BCUT2D eigenvalue weighted by Gasteiger charge is 2.16. The Morgan fingerprint density at radius 1 is 1.42 bits per heavy atom. The molecule has 0 saturated carbocycles. The molecule has 0 aliphatic heterocycles. The van der Waals surface area contributed by atoms with Gasteiger partial charge in [0.2, 0.25) is 0 Å². The number of benzene rings is 1. The van der Waals surface area contributed by atoms with Gasteiger partial charge in [0.1, 0.15) is 13.5 Å². The molecule has 0 N–H and O–H groups in total. The Morgan fingerprint density at radius 2 is 2.11 bits per heavy atom. The van der Waals surface area contributed by atoms with Crippen LogP contribution in [-0.2, 0) is 11.3 Å². The van der Waals surface area contributed by atoms with Crippen molar-refractivity contribution in [3.63, 3.8) is 0 Å². The SMILES string of the molecule is Bc1ccc(Cn2c(C(=O)OCC)cnc2S)cc1. The van der Waals surface area contributed by atoms with Crippen LogP contribution >= 0.6 is 12.6 Å². The van der Waals surface area contributed by atoms with Crippen molar-refractivity contribution in [3.05, 3.63) is 41.7 Å². The summed E-state index contributed by atoms with van der Waals surface area (Å²) in [6.45, 7) is 2.67. The van der Waals surface area contributed by atoms with Crippen LogP contribution in [0.1, 0.15) is 23.0 Å². The Balaban J connectivity index is 2.26. The van der Waals surface area contributed by atoms with E-state index in [1.165, 1.54) is 11.7 Å². The lowest BCUT2D eigenvalue weighted by Gasteiger charge is -2.09. The number of ether oxygens (including phenoxy) is 1. The summed E-state index contributed by atoms with van der Waals surface area (Å²) < 4.78 is 6.75. The number of hydrogen-bond donors (Lipinski definition) is 1. The summed E-state index contributed by atoms with van der Waals surface area (Å²) in [5, 5.41) is 0.503. The molecule has 0 bridgehead atoms. The number of thiol groups is 1. The van der Waals surface area contributed by atoms with Crippen LogP contribution in [0.5, 0.6) is 0 Å². The number of imidazole rings is 1. The van der Waals surface area contributed by atoms with Gasteiger partial charge in [-0.3, -0.25) is 0 Å². The summed E-state index contributed by atoms with van der Waals surface area (Å²) in [5.41, 5.74) is 2.71. The molecule has 98 valence electrons. The number of esters is 1. The van der Waals surface area contributed by atoms with E-state index in [4.69, 9.17) is 4.74 Å². The van der Waals surface area contributed by atoms with Crippen LogP contribution in [-0.4, -0.2) is 30.0 Å². The van der Waals surface area contributed by atoms with Gasteiger partial charge in [0.05, 0.1) is 19.3 Å². The molecule has 0 spiro atoms. The molecule has 2 rings (SSSR count). The van der Waals surface area contributed by atoms with Crippen LogP contribution < -0.4 is 5.46 Å². The maximum absolute atomic E-state index is 11.8. The fourth-order valence-corrected chi connectivity index (χ4v) is 2.00. The highest BCUT2D eigenvalue weighted by atomic mass is 32.1. The molecule has 1 aromatic carbocycles. The predicted octanol–water partition coefficient (Wildman–Crippen LogP) is 0.655. The van der Waals surface area contributed by atoms with E-state index >= 15 is 0 Å². The van der Waals surface area contributed by atoms with Crippen molar-refractivity contribution in [2.45, 2.75) is 18.6 Å². The van der Waals surface area contributed by atoms with E-state index in [9.17, 15) is 4.79 Å². The van der Waals surface area contributed by atoms with Crippen molar-refractivity contribution in [2.24, 2.45) is 0 Å². The van der Waals surface area contributed by atoms with Crippen LogP contribution in [0.2, 0.25) is 0 Å². The third-order valence-corrected chi connectivity index (χ3v) is 3.14. The van der Waals surface area contributed by atoms with Crippen LogP contribution in [0.15, 0.2) is 35.6 Å². The van der Waals surface area contributed by atoms with Gasteiger partial charge in [-0.1, -0.05) is 29.7 Å². The maximum Gasteiger partial charge on any atom is 0.356 e. The molecule has 2 aromatic rings. The highest BCUT2D eigenvalue weighted by molar-refractivity contribution is 7.80. The smallest absolute Gasteiger partial charge is 0.356 e. The molecule has 0 unspecified atom stereocenters. The van der Waals surface area contributed by atoms with Gasteiger partial charge in [-0.2, -0.15) is 0 Å². The van der Waals surface area contributed by atoms with Gasteiger partial charge in [-0.05, 0) is 12.5 Å². The largest absolute Gasteiger partial charge is 0.461 e. The lowest BCUT2D eigenvalue weighted by atomic mass is 9.95. The van der Waals surface area contributed by atoms with Gasteiger partial charge in [0, 0.05) is 0 Å². The molecule has 1 heterocycles. The molecule has 19 heavy (non-hydrogen) atoms. The molecule has 4 nitrogen and oxygen atoms in total. The highest BCUT2D eigenvalue weighted by Crippen LogP contribution is 2.13. The van der Waals surface area contributed by atoms with Crippen molar-refractivity contribution in [1.82, 2.24) is 9.55 Å². The fourth-order valence-electron chi connectivity index (χ4n) is 1.77. The van der Waals surface area contributed by atoms with Crippen LogP contribution in [0, 0.1) is 0 Å². The minimum atomic E-state index is -0.373. The number of rotatable bonds is 4. The van der Waals surface area contributed by atoms with E-state index in [1.807, 2.05) is 32.1 Å². The third kappa shape index (κ3) is 3.20. The number of carbonyl (C=O) groups is 1. The minimum Gasteiger partial charge on any atom is -0.461 e. The van der Waals surface area contributed by atoms with Crippen molar-refractivity contribution in [2.75, 3.05) is 6.61 Å². The number of aromatic nitrogens is 2. The normalized spacial score (nSPS) is 10.4. The van der Waals surface area contributed by atoms with Crippen LogP contribution in [0.25, 0.3) is 0 Å². The van der Waals surface area contributed by atoms with E-state index in [0.717, 1.165) is 5.56 Å². The van der Waals surface area contributed by atoms with E-state index in [-0.39, 0.29) is 5.97 Å². The Hall–Kier alpha value is -1.69. The number of nitrogens with zero attached hydrogens (tertiary/aromatic N) is 2. The zero-order valence-corrected chi connectivity index (χ0v) is 11.9. The Kier molecular flexibility index (Phi) is 4.32. The van der Waals surface area contributed by atoms with Crippen molar-refractivity contribution >= 4 is 31.9 Å². The molecule has 0 radical (unpaired) electrons. The van der Waals surface area contributed by atoms with E-state index in [2.05, 4.69) is 17.6 Å². The van der Waals surface area contributed by atoms with Crippen LogP contribution in [0.4, 0.5) is 0 Å². The Morgan fingerprint density at radius 3 is 2.74 bits per heavy atom. The first kappa shape index (κ1) is 13.7. The molecular weight excluding hydrogens is 259 g/mol. The zero-order valence-electron chi connectivity index (χ0n) is 11.0. The second kappa shape index (κ2) is 5.97. The molecule has 0 atom stereocenters. The average molecular weight is 274 g/mol. The fraction of sp³-hybridized carbons (Fsp3) is 0.231. The first-order valence-electron chi connectivity index (χ1n) is 6.09. The molecule has 6 heteroatoms. The second-order valence-electron chi connectivity index (χ2n) is 4.24. The monoisotopic (exact) mass is 274 g/mol. The second-order valence-corrected chi connectivity index (χ2v) is 4.64. The molecule has 1 aromatic heterocycles. The molecule has 0 aliphatic carbocycles. The summed E-state index contributed by atoms with van der Waals surface area (Å²) in [6, 6.07) is 8.12. The predicted molar refractivity (Wildman–Crippen MR) is 79.2 cm³/mol. The summed E-state index contributed by atoms with van der Waals surface area (Å²) >= 11 is 4.28. The van der Waals surface area contributed by atoms with E-state index in [0.29, 0.717) is 24.0 Å². The summed E-state index contributed by atoms with van der Waals surface area (Å²) in [4.78, 5) is 15.9. The Bertz CT molecular complexity index is 581. The standard InChI is InChI=1S/C13H15BN2O2S/c1-2-18-12(17)11-7-15-13(19)16(11)8-9-3-5-10(14)6-4-9/h3-7H,2,8,14H2,1H3,(H,15,19). The molecule has 0 fully saturated rings. The molecular formula is C13H15BN2O2S. The summed E-state index contributed by atoms with van der Waals surface area (Å²) in [6.07, 6.45) is 1.49. The number of carbonyl (C=O) groups excluding carboxylic acids is 1. The third-order valence-electron chi connectivity index (χ3n) is 2.78. The van der Waals surface area contributed by atoms with Gasteiger partial charge < -0.3 is 9.30 Å². The van der Waals surface area contributed by atoms with Gasteiger partial charge in [0.15, 0.2) is 5.16 Å². The Labute approximate surface area is 118 Å². The van der Waals surface area contributed by atoms with Crippen molar-refractivity contribution < 1.29 is 9.53 Å². The molecule has 0 amide bonds. The van der Waals surface area contributed by atoms with Crippen molar-refractivity contribution in [3.8, 4) is 0 Å². The quantitative estimate of drug-likeness (QED) is 0.506. The van der Waals surface area contributed by atoms with Gasteiger partial charge in [-0.25, -0.2) is 9.78 Å². The lowest BCUT2D eigenvalue weighted by molar-refractivity contribution is 0.0513. The van der Waals surface area contributed by atoms with E-state index in [1.54, 1.807) is 11.5 Å². The lowest BCUT2D eigenvalue weighted by Crippen LogP contribution is -2.13. The summed E-state index contributed by atoms with van der Waals surface area (Å²) in [7, 11) is 2.04. The number of hydrogen-bond acceptors (Lipinski definition) is 4. The maximum atomic E-state index is 11.8. The molecule has 0 saturated heterocycles. The van der Waals surface area contributed by atoms with E-state index < -0.39 is 0 Å². The minimum absolute atomic E-state index is 0.344. The zero-order chi connectivity index (χ0) is 13.8. The summed E-state index contributed by atoms with van der Waals surface area (Å²) in [5.74, 6) is -0.373. The van der Waals surface area contributed by atoms with Gasteiger partial charge in [0.25, 0.3) is 0 Å². The van der Waals surface area contributed by atoms with Crippen molar-refractivity contribution in [1.29, 1.82) is 0 Å². The van der Waals surface area contributed by atoms with Crippen LogP contribution in [0.3, 0.4) is 0 Å². The van der Waals surface area contributed by atoms with Gasteiger partial charge >= 0.3 is 5.97 Å².